The second-order valence-corrected chi connectivity index (χ2v) is 4.70. The van der Waals surface area contributed by atoms with E-state index in [2.05, 4.69) is 43.4 Å². The first kappa shape index (κ1) is 15.2. The van der Waals surface area contributed by atoms with Crippen LogP contribution in [0.4, 0.5) is 0 Å². The third-order valence-corrected chi connectivity index (χ3v) is 2.58. The molecule has 1 aromatic carbocycles. The minimum atomic E-state index is 0.329. The van der Waals surface area contributed by atoms with Gasteiger partial charge in [-0.15, -0.1) is 0 Å². The Kier molecular flexibility index (Phi) is 7.65. The summed E-state index contributed by atoms with van der Waals surface area (Å²) in [5.41, 5.74) is 2.52. The Labute approximate surface area is 110 Å². The second-order valence-electron chi connectivity index (χ2n) is 4.70. The topological polar surface area (TPSA) is 30.5 Å². The third kappa shape index (κ3) is 6.74. The molecule has 0 amide bonds. The Bertz CT molecular complexity index is 326. The Morgan fingerprint density at radius 1 is 1.22 bits per heavy atom. The summed E-state index contributed by atoms with van der Waals surface area (Å²) in [6, 6.07) is 8.48. The lowest BCUT2D eigenvalue weighted by atomic mass is 10.1. The largest absolute Gasteiger partial charge is 0.380 e. The molecule has 1 N–H and O–H groups in total. The van der Waals surface area contributed by atoms with Gasteiger partial charge in [-0.3, -0.25) is 0 Å². The molecular formula is C15H25NO2. The van der Waals surface area contributed by atoms with Crippen LogP contribution in [0.2, 0.25) is 0 Å². The van der Waals surface area contributed by atoms with Crippen LogP contribution >= 0.6 is 0 Å². The van der Waals surface area contributed by atoms with Gasteiger partial charge >= 0.3 is 0 Å². The fourth-order valence-electron chi connectivity index (χ4n) is 1.74. The van der Waals surface area contributed by atoms with Crippen LogP contribution in [0.25, 0.3) is 0 Å². The summed E-state index contributed by atoms with van der Waals surface area (Å²) < 4.78 is 10.6. The van der Waals surface area contributed by atoms with Gasteiger partial charge in [-0.25, -0.2) is 0 Å². The van der Waals surface area contributed by atoms with E-state index in [1.807, 2.05) is 0 Å². The summed E-state index contributed by atoms with van der Waals surface area (Å²) >= 11 is 0. The summed E-state index contributed by atoms with van der Waals surface area (Å²) in [5.74, 6) is 0. The van der Waals surface area contributed by atoms with Crippen LogP contribution in [0.1, 0.15) is 31.4 Å². The van der Waals surface area contributed by atoms with E-state index < -0.39 is 0 Å². The summed E-state index contributed by atoms with van der Waals surface area (Å²) in [5, 5.41) is 3.42. The zero-order chi connectivity index (χ0) is 13.2. The molecule has 0 aliphatic carbocycles. The van der Waals surface area contributed by atoms with Crippen molar-refractivity contribution in [2.75, 3.05) is 20.3 Å². The first-order chi connectivity index (χ1) is 8.72. The zero-order valence-electron chi connectivity index (χ0n) is 11.7. The predicted molar refractivity (Wildman–Crippen MR) is 74.6 cm³/mol. The first-order valence-corrected chi connectivity index (χ1v) is 6.61. The normalized spacial score (nSPS) is 11.1. The lowest BCUT2D eigenvalue weighted by Gasteiger charge is -2.09. The molecule has 0 aliphatic heterocycles. The van der Waals surface area contributed by atoms with Crippen LogP contribution in [-0.4, -0.2) is 26.4 Å². The van der Waals surface area contributed by atoms with Crippen molar-refractivity contribution < 1.29 is 9.47 Å². The van der Waals surface area contributed by atoms with Gasteiger partial charge in [0.1, 0.15) is 0 Å². The molecule has 0 fully saturated rings. The number of methoxy groups -OCH3 is 1. The molecule has 0 aliphatic rings. The van der Waals surface area contributed by atoms with Crippen LogP contribution in [-0.2, 0) is 22.6 Å². The Morgan fingerprint density at radius 2 is 2.00 bits per heavy atom. The molecule has 0 saturated carbocycles. The molecule has 0 bridgehead atoms. The highest BCUT2D eigenvalue weighted by Crippen LogP contribution is 2.06. The molecule has 3 heteroatoms. The standard InChI is InChI=1S/C15H25NO2/c1-13(2)18-9-5-8-16-11-14-6-4-7-15(10-14)12-17-3/h4,6-7,10,13,16H,5,8-9,11-12H2,1-3H3. The first-order valence-electron chi connectivity index (χ1n) is 6.61. The molecule has 0 heterocycles. The molecular weight excluding hydrogens is 226 g/mol. The van der Waals surface area contributed by atoms with Crippen LogP contribution in [0.3, 0.4) is 0 Å². The van der Waals surface area contributed by atoms with Crippen molar-refractivity contribution >= 4 is 0 Å². The maximum absolute atomic E-state index is 5.49. The van der Waals surface area contributed by atoms with Gasteiger partial charge in [0.2, 0.25) is 0 Å². The van der Waals surface area contributed by atoms with Gasteiger partial charge in [0.15, 0.2) is 0 Å². The van der Waals surface area contributed by atoms with Gasteiger partial charge < -0.3 is 14.8 Å². The van der Waals surface area contributed by atoms with Crippen molar-refractivity contribution in [1.82, 2.24) is 5.32 Å². The van der Waals surface area contributed by atoms with Gasteiger partial charge in [-0.1, -0.05) is 24.3 Å². The lowest BCUT2D eigenvalue weighted by Crippen LogP contribution is -2.17. The smallest absolute Gasteiger partial charge is 0.0713 e. The SMILES string of the molecule is COCc1cccc(CNCCCOC(C)C)c1. The van der Waals surface area contributed by atoms with E-state index in [1.165, 1.54) is 11.1 Å². The fraction of sp³-hybridized carbons (Fsp3) is 0.600. The fourth-order valence-corrected chi connectivity index (χ4v) is 1.74. The third-order valence-electron chi connectivity index (χ3n) is 2.58. The minimum absolute atomic E-state index is 0.329. The molecule has 1 aromatic rings. The summed E-state index contributed by atoms with van der Waals surface area (Å²) in [4.78, 5) is 0. The van der Waals surface area contributed by atoms with Gasteiger partial charge in [0.05, 0.1) is 12.7 Å². The maximum Gasteiger partial charge on any atom is 0.0713 e. The predicted octanol–water partition coefficient (Wildman–Crippen LogP) is 2.74. The van der Waals surface area contributed by atoms with Crippen molar-refractivity contribution in [1.29, 1.82) is 0 Å². The van der Waals surface area contributed by atoms with Crippen molar-refractivity contribution in [3.05, 3.63) is 35.4 Å². The number of hydrogen-bond donors (Lipinski definition) is 1. The molecule has 0 aromatic heterocycles. The second kappa shape index (κ2) is 9.09. The van der Waals surface area contributed by atoms with Crippen LogP contribution in [0, 0.1) is 0 Å². The van der Waals surface area contributed by atoms with Gasteiger partial charge in [-0.2, -0.15) is 0 Å². The number of ether oxygens (including phenoxy) is 2. The highest BCUT2D eigenvalue weighted by molar-refractivity contribution is 5.22. The van der Waals surface area contributed by atoms with E-state index in [-0.39, 0.29) is 0 Å². The summed E-state index contributed by atoms with van der Waals surface area (Å²) in [6.45, 7) is 7.52. The average Bonchev–Trinajstić information content (AvgIpc) is 2.34. The van der Waals surface area contributed by atoms with Gasteiger partial charge in [0, 0.05) is 20.3 Å². The Morgan fingerprint density at radius 3 is 2.72 bits per heavy atom. The van der Waals surface area contributed by atoms with Crippen LogP contribution in [0.5, 0.6) is 0 Å². The van der Waals surface area contributed by atoms with E-state index >= 15 is 0 Å². The van der Waals surface area contributed by atoms with Crippen molar-refractivity contribution in [2.45, 2.75) is 39.5 Å². The molecule has 0 spiro atoms. The Hall–Kier alpha value is -0.900. The number of benzene rings is 1. The molecule has 0 unspecified atom stereocenters. The average molecular weight is 251 g/mol. The molecule has 3 nitrogen and oxygen atoms in total. The summed E-state index contributed by atoms with van der Waals surface area (Å²) in [7, 11) is 1.72. The number of hydrogen-bond acceptors (Lipinski definition) is 3. The molecule has 0 atom stereocenters. The minimum Gasteiger partial charge on any atom is -0.380 e. The van der Waals surface area contributed by atoms with Crippen molar-refractivity contribution in [3.8, 4) is 0 Å². The molecule has 18 heavy (non-hydrogen) atoms. The van der Waals surface area contributed by atoms with Crippen molar-refractivity contribution in [3.63, 3.8) is 0 Å². The van der Waals surface area contributed by atoms with Crippen LogP contribution < -0.4 is 5.32 Å². The van der Waals surface area contributed by atoms with Crippen molar-refractivity contribution in [2.24, 2.45) is 0 Å². The molecule has 1 rings (SSSR count). The monoisotopic (exact) mass is 251 g/mol. The van der Waals surface area contributed by atoms with E-state index in [0.29, 0.717) is 12.7 Å². The number of nitrogens with one attached hydrogen (secondary N) is 1. The molecule has 102 valence electrons. The highest BCUT2D eigenvalue weighted by atomic mass is 16.5. The number of rotatable bonds is 9. The highest BCUT2D eigenvalue weighted by Gasteiger charge is 1.96. The van der Waals surface area contributed by atoms with E-state index in [1.54, 1.807) is 7.11 Å². The zero-order valence-corrected chi connectivity index (χ0v) is 11.7. The van der Waals surface area contributed by atoms with Gasteiger partial charge in [0.25, 0.3) is 0 Å². The summed E-state index contributed by atoms with van der Waals surface area (Å²) in [6.07, 6.45) is 1.38. The van der Waals surface area contributed by atoms with Crippen LogP contribution in [0.15, 0.2) is 24.3 Å². The van der Waals surface area contributed by atoms with E-state index in [9.17, 15) is 0 Å². The Balaban J connectivity index is 2.16. The maximum atomic E-state index is 5.49. The van der Waals surface area contributed by atoms with Gasteiger partial charge in [-0.05, 0) is 37.9 Å². The lowest BCUT2D eigenvalue weighted by molar-refractivity contribution is 0.0770. The molecule has 0 radical (unpaired) electrons. The quantitative estimate of drug-likeness (QED) is 0.685. The van der Waals surface area contributed by atoms with E-state index in [0.717, 1.165) is 26.1 Å². The molecule has 0 saturated heterocycles. The van der Waals surface area contributed by atoms with E-state index in [4.69, 9.17) is 9.47 Å².